The Morgan fingerprint density at radius 2 is 1.44 bits per heavy atom. The van der Waals surface area contributed by atoms with Crippen LogP contribution in [-0.2, 0) is 0 Å². The van der Waals surface area contributed by atoms with Crippen molar-refractivity contribution in [1.29, 1.82) is 0 Å². The third kappa shape index (κ3) is 3.38. The first-order valence-electron chi connectivity index (χ1n) is 3.41. The van der Waals surface area contributed by atoms with Gasteiger partial charge < -0.3 is 4.57 Å². The summed E-state index contributed by atoms with van der Waals surface area (Å²) in [6, 6.07) is 1.41. The minimum Gasteiger partial charge on any atom is -0.315 e. The Hall–Kier alpha value is 0.657. The highest BCUT2D eigenvalue weighted by atomic mass is 79.9. The average molecular weight is 210 g/mol. The van der Waals surface area contributed by atoms with Gasteiger partial charge in [-0.25, -0.2) is 0 Å². The van der Waals surface area contributed by atoms with E-state index in [1.165, 1.54) is 0 Å². The normalized spacial score (nSPS) is 13.3. The van der Waals surface area contributed by atoms with Crippen molar-refractivity contribution in [3.63, 3.8) is 0 Å². The van der Waals surface area contributed by atoms with E-state index in [2.05, 4.69) is 47.6 Å². The third-order valence-corrected chi connectivity index (χ3v) is 4.94. The van der Waals surface area contributed by atoms with Gasteiger partial charge in [0, 0.05) is 0 Å². The molecule has 0 radical (unpaired) electrons. The molecule has 0 bridgehead atoms. The summed E-state index contributed by atoms with van der Waals surface area (Å²) in [6.45, 7) is 8.98. The van der Waals surface area contributed by atoms with Crippen LogP contribution in [0.5, 0.6) is 0 Å². The summed E-state index contributed by atoms with van der Waals surface area (Å²) in [6.07, 6.45) is 0. The van der Waals surface area contributed by atoms with Crippen molar-refractivity contribution in [2.24, 2.45) is 0 Å². The minimum absolute atomic E-state index is 0.121. The van der Waals surface area contributed by atoms with Gasteiger partial charge in [0.15, 0.2) is 8.30 Å². The van der Waals surface area contributed by atoms with E-state index in [1.54, 1.807) is 0 Å². The molecule has 1 nitrogen and oxygen atoms in total. The number of hydrogen-bond donors (Lipinski definition) is 0. The van der Waals surface area contributed by atoms with E-state index in [9.17, 15) is 0 Å². The molecule has 0 aliphatic rings. The van der Waals surface area contributed by atoms with Crippen LogP contribution in [0.25, 0.3) is 0 Å². The van der Waals surface area contributed by atoms with Crippen LogP contribution in [0.3, 0.4) is 0 Å². The fraction of sp³-hybridized carbons (Fsp3) is 1.00. The highest BCUT2D eigenvalue weighted by Crippen LogP contribution is 2.03. The van der Waals surface area contributed by atoms with Crippen LogP contribution in [0.1, 0.15) is 27.7 Å². The molecule has 0 aromatic carbocycles. The number of rotatable bonds is 3. The summed E-state index contributed by atoms with van der Waals surface area (Å²) < 4.78 is 2.51. The monoisotopic (exact) mass is 209 g/mol. The lowest BCUT2D eigenvalue weighted by molar-refractivity contribution is 0.318. The topological polar surface area (TPSA) is 3.24 Å². The van der Waals surface area contributed by atoms with Gasteiger partial charge in [0.05, 0.1) is 0 Å². The lowest BCUT2D eigenvalue weighted by Gasteiger charge is -2.27. The molecule has 0 aliphatic carbocycles. The second-order valence-corrected chi connectivity index (χ2v) is 5.30. The van der Waals surface area contributed by atoms with Crippen LogP contribution in [0.4, 0.5) is 0 Å². The molecule has 0 aliphatic heterocycles. The molecule has 0 aromatic rings. The smallest absolute Gasteiger partial charge is 0.171 e. The summed E-state index contributed by atoms with van der Waals surface area (Å²) >= 11 is 3.58. The molecule has 0 N–H and O–H groups in total. The highest BCUT2D eigenvalue weighted by molar-refractivity contribution is 9.23. The molecule has 0 fully saturated rings. The fourth-order valence-electron chi connectivity index (χ4n) is 0.872. The van der Waals surface area contributed by atoms with E-state index in [0.717, 1.165) is 0 Å². The van der Waals surface area contributed by atoms with Crippen molar-refractivity contribution in [2.75, 3.05) is 0 Å². The van der Waals surface area contributed by atoms with Gasteiger partial charge in [-0.15, -0.1) is 15.3 Å². The summed E-state index contributed by atoms with van der Waals surface area (Å²) in [7, 11) is -0.121. The van der Waals surface area contributed by atoms with E-state index in [-0.39, 0.29) is 8.30 Å². The first-order chi connectivity index (χ1) is 4.09. The van der Waals surface area contributed by atoms with Crippen LogP contribution >= 0.6 is 15.3 Å². The Kier molecular flexibility index (Phi) is 4.80. The van der Waals surface area contributed by atoms with Crippen LogP contribution in [0, 0.1) is 0 Å². The number of hydrogen-bond acceptors (Lipinski definition) is 1. The Bertz CT molecular complexity index is 67.5. The van der Waals surface area contributed by atoms with E-state index in [4.69, 9.17) is 0 Å². The maximum Gasteiger partial charge on any atom is 0.171 e. The maximum atomic E-state index is 3.58. The number of halogens is 1. The SMILES string of the molecule is CC(C)N([SiH2]Br)C(C)C. The largest absolute Gasteiger partial charge is 0.315 e. The summed E-state index contributed by atoms with van der Waals surface area (Å²) in [4.78, 5) is 0. The molecule has 0 heterocycles. The Morgan fingerprint density at radius 3 is 1.44 bits per heavy atom. The molecular formula is C6H16BrNSi. The fourth-order valence-corrected chi connectivity index (χ4v) is 4.90. The van der Waals surface area contributed by atoms with Gasteiger partial charge >= 0.3 is 0 Å². The summed E-state index contributed by atoms with van der Waals surface area (Å²) in [5.41, 5.74) is 0. The zero-order valence-corrected chi connectivity index (χ0v) is 9.69. The molecule has 3 heteroatoms. The second-order valence-electron chi connectivity index (χ2n) is 2.82. The van der Waals surface area contributed by atoms with Crippen LogP contribution < -0.4 is 0 Å². The molecule has 0 atom stereocenters. The Labute approximate surface area is 68.3 Å². The van der Waals surface area contributed by atoms with E-state index < -0.39 is 0 Å². The van der Waals surface area contributed by atoms with Gasteiger partial charge in [0.25, 0.3) is 0 Å². The van der Waals surface area contributed by atoms with E-state index in [0.29, 0.717) is 12.1 Å². The van der Waals surface area contributed by atoms with Crippen LogP contribution in [0.15, 0.2) is 0 Å². The van der Waals surface area contributed by atoms with Gasteiger partial charge in [0.1, 0.15) is 0 Å². The molecule has 9 heavy (non-hydrogen) atoms. The van der Waals surface area contributed by atoms with Crippen molar-refractivity contribution in [1.82, 2.24) is 4.57 Å². The van der Waals surface area contributed by atoms with Gasteiger partial charge in [-0.2, -0.15) is 0 Å². The molecule has 0 rings (SSSR count). The molecular weight excluding hydrogens is 194 g/mol. The van der Waals surface area contributed by atoms with Crippen LogP contribution in [0.2, 0.25) is 0 Å². The predicted molar refractivity (Wildman–Crippen MR) is 49.6 cm³/mol. The van der Waals surface area contributed by atoms with E-state index in [1.807, 2.05) is 0 Å². The standard InChI is InChI=1S/C6H16BrNSi/c1-5(2)8(9-7)6(3)4/h5-6H,9H2,1-4H3. The van der Waals surface area contributed by atoms with E-state index >= 15 is 0 Å². The second kappa shape index (κ2) is 4.47. The molecule has 0 amide bonds. The van der Waals surface area contributed by atoms with Crippen molar-refractivity contribution >= 4 is 23.6 Å². The summed E-state index contributed by atoms with van der Waals surface area (Å²) in [5, 5.41) is 0. The van der Waals surface area contributed by atoms with Crippen LogP contribution in [-0.4, -0.2) is 24.9 Å². The molecule has 0 unspecified atom stereocenters. The first kappa shape index (κ1) is 9.66. The Morgan fingerprint density at radius 1 is 1.11 bits per heavy atom. The number of nitrogens with zero attached hydrogens (tertiary/aromatic N) is 1. The zero-order chi connectivity index (χ0) is 7.44. The summed E-state index contributed by atoms with van der Waals surface area (Å²) in [5.74, 6) is 0. The molecule has 0 saturated heterocycles. The lowest BCUT2D eigenvalue weighted by Crippen LogP contribution is -2.37. The van der Waals surface area contributed by atoms with Gasteiger partial charge in [0.2, 0.25) is 0 Å². The molecule has 0 spiro atoms. The molecule has 0 saturated carbocycles. The quantitative estimate of drug-likeness (QED) is 0.504. The Balaban J connectivity index is 3.68. The van der Waals surface area contributed by atoms with Crippen molar-refractivity contribution in [3.8, 4) is 0 Å². The van der Waals surface area contributed by atoms with Crippen molar-refractivity contribution in [3.05, 3.63) is 0 Å². The molecule has 0 aromatic heterocycles. The minimum atomic E-state index is -0.121. The third-order valence-electron chi connectivity index (χ3n) is 1.46. The van der Waals surface area contributed by atoms with Crippen molar-refractivity contribution < 1.29 is 0 Å². The van der Waals surface area contributed by atoms with Crippen molar-refractivity contribution in [2.45, 2.75) is 39.8 Å². The first-order valence-corrected chi connectivity index (χ1v) is 7.94. The molecule has 56 valence electrons. The van der Waals surface area contributed by atoms with Gasteiger partial charge in [-0.3, -0.25) is 0 Å². The van der Waals surface area contributed by atoms with Gasteiger partial charge in [-0.05, 0) is 12.1 Å². The maximum absolute atomic E-state index is 3.58. The predicted octanol–water partition coefficient (Wildman–Crippen LogP) is 1.50. The highest BCUT2D eigenvalue weighted by Gasteiger charge is 2.10. The van der Waals surface area contributed by atoms with Gasteiger partial charge in [-0.1, -0.05) is 27.7 Å². The lowest BCUT2D eigenvalue weighted by atomic mass is 10.3. The average Bonchev–Trinajstić information content (AvgIpc) is 1.64. The zero-order valence-electron chi connectivity index (χ0n) is 6.69.